The van der Waals surface area contributed by atoms with E-state index in [-0.39, 0.29) is 18.6 Å². The van der Waals surface area contributed by atoms with Crippen LogP contribution in [0.1, 0.15) is 23.8 Å². The fourth-order valence-corrected chi connectivity index (χ4v) is 4.69. The van der Waals surface area contributed by atoms with Gasteiger partial charge in [-0.2, -0.15) is 0 Å². The number of hydrogen-bond donors (Lipinski definition) is 0. The summed E-state index contributed by atoms with van der Waals surface area (Å²) in [6, 6.07) is 10.0. The lowest BCUT2D eigenvalue weighted by atomic mass is 10.2. The van der Waals surface area contributed by atoms with Crippen LogP contribution >= 0.6 is 43.2 Å². The molecule has 0 aliphatic carbocycles. The van der Waals surface area contributed by atoms with Crippen molar-refractivity contribution in [2.24, 2.45) is 0 Å². The van der Waals surface area contributed by atoms with Gasteiger partial charge >= 0.3 is 0 Å². The molecule has 1 saturated heterocycles. The maximum Gasteiger partial charge on any atom is 0.261 e. The summed E-state index contributed by atoms with van der Waals surface area (Å²) in [6.45, 7) is 0.883. The van der Waals surface area contributed by atoms with Gasteiger partial charge in [0, 0.05) is 15.9 Å². The van der Waals surface area contributed by atoms with Crippen molar-refractivity contribution in [2.45, 2.75) is 18.9 Å². The number of nitrogens with zero attached hydrogens (tertiary/aromatic N) is 1. The van der Waals surface area contributed by atoms with Crippen molar-refractivity contribution in [1.82, 2.24) is 4.90 Å². The number of hydrogen-bond acceptors (Lipinski definition) is 3. The molecule has 0 N–H and O–H groups in total. The number of rotatable bonds is 4. The highest BCUT2D eigenvalue weighted by molar-refractivity contribution is 9.11. The van der Waals surface area contributed by atoms with Gasteiger partial charge in [0.05, 0.1) is 10.5 Å². The van der Waals surface area contributed by atoms with Crippen molar-refractivity contribution in [3.8, 4) is 5.75 Å². The van der Waals surface area contributed by atoms with Gasteiger partial charge in [0.2, 0.25) is 0 Å². The number of thiophene rings is 1. The van der Waals surface area contributed by atoms with Crippen LogP contribution in [0.2, 0.25) is 0 Å². The van der Waals surface area contributed by atoms with Crippen LogP contribution in [0.5, 0.6) is 5.75 Å². The summed E-state index contributed by atoms with van der Waals surface area (Å²) in [6.07, 6.45) is 2.09. The summed E-state index contributed by atoms with van der Waals surface area (Å²) < 4.78 is 7.48. The Hall–Kier alpha value is -0.850. The molecule has 116 valence electrons. The zero-order valence-electron chi connectivity index (χ0n) is 11.8. The molecule has 2 aromatic rings. The van der Waals surface area contributed by atoms with Gasteiger partial charge in [0.25, 0.3) is 5.91 Å². The standard InChI is InChI=1S/C16H15Br2NO2S/c17-11-5-6-14(12(18)9-11)21-10-16(20)19-7-1-3-13(19)15-4-2-8-22-15/h2,4-6,8-9,13H,1,3,7,10H2. The molecule has 1 unspecified atom stereocenters. The molecule has 6 heteroatoms. The van der Waals surface area contributed by atoms with Gasteiger partial charge in [-0.15, -0.1) is 11.3 Å². The normalized spacial score (nSPS) is 17.7. The maximum absolute atomic E-state index is 12.5. The van der Waals surface area contributed by atoms with Crippen LogP contribution in [0.25, 0.3) is 0 Å². The average molecular weight is 445 g/mol. The van der Waals surface area contributed by atoms with Crippen molar-refractivity contribution < 1.29 is 9.53 Å². The third-order valence-corrected chi connectivity index (χ3v) is 5.78. The lowest BCUT2D eigenvalue weighted by Gasteiger charge is -2.24. The van der Waals surface area contributed by atoms with E-state index in [1.165, 1.54) is 4.88 Å². The first-order valence-corrected chi connectivity index (χ1v) is 9.52. The molecule has 3 rings (SSSR count). The number of carbonyl (C=O) groups excluding carboxylic acids is 1. The second kappa shape index (κ2) is 7.15. The van der Waals surface area contributed by atoms with Crippen LogP contribution in [-0.4, -0.2) is 24.0 Å². The Morgan fingerprint density at radius 1 is 1.36 bits per heavy atom. The molecule has 3 nitrogen and oxygen atoms in total. The summed E-state index contributed by atoms with van der Waals surface area (Å²) in [4.78, 5) is 15.7. The van der Waals surface area contributed by atoms with E-state index < -0.39 is 0 Å². The first-order chi connectivity index (χ1) is 10.6. The molecule has 22 heavy (non-hydrogen) atoms. The van der Waals surface area contributed by atoms with E-state index in [1.807, 2.05) is 29.2 Å². The van der Waals surface area contributed by atoms with E-state index in [0.717, 1.165) is 28.3 Å². The van der Waals surface area contributed by atoms with Crippen molar-refractivity contribution in [3.63, 3.8) is 0 Å². The molecule has 1 atom stereocenters. The van der Waals surface area contributed by atoms with Crippen molar-refractivity contribution in [1.29, 1.82) is 0 Å². The van der Waals surface area contributed by atoms with E-state index in [9.17, 15) is 4.79 Å². The van der Waals surface area contributed by atoms with E-state index in [0.29, 0.717) is 5.75 Å². The second-order valence-electron chi connectivity index (χ2n) is 5.12. The van der Waals surface area contributed by atoms with Gasteiger partial charge in [0.1, 0.15) is 5.75 Å². The summed E-state index contributed by atoms with van der Waals surface area (Å²) in [5, 5.41) is 2.06. The molecule has 1 fully saturated rings. The molecule has 2 heterocycles. The Morgan fingerprint density at radius 3 is 2.95 bits per heavy atom. The minimum atomic E-state index is 0.0470. The molecule has 1 aromatic carbocycles. The zero-order valence-corrected chi connectivity index (χ0v) is 15.8. The number of likely N-dealkylation sites (tertiary alicyclic amines) is 1. The lowest BCUT2D eigenvalue weighted by molar-refractivity contribution is -0.134. The fraction of sp³-hybridized carbons (Fsp3) is 0.312. The molecule has 1 aliphatic heterocycles. The highest BCUT2D eigenvalue weighted by Gasteiger charge is 2.30. The Bertz CT molecular complexity index is 660. The second-order valence-corrected chi connectivity index (χ2v) is 7.87. The number of halogens is 2. The molecule has 1 aromatic heterocycles. The molecular weight excluding hydrogens is 430 g/mol. The topological polar surface area (TPSA) is 29.5 Å². The van der Waals surface area contributed by atoms with Crippen LogP contribution in [0.3, 0.4) is 0 Å². The molecule has 0 bridgehead atoms. The summed E-state index contributed by atoms with van der Waals surface area (Å²) in [5.74, 6) is 0.731. The van der Waals surface area contributed by atoms with Crippen LogP contribution in [0.4, 0.5) is 0 Å². The van der Waals surface area contributed by atoms with Crippen LogP contribution in [0, 0.1) is 0 Å². The van der Waals surface area contributed by atoms with Gasteiger partial charge in [-0.1, -0.05) is 22.0 Å². The SMILES string of the molecule is O=C(COc1ccc(Br)cc1Br)N1CCCC1c1cccs1. The van der Waals surface area contributed by atoms with Crippen LogP contribution in [-0.2, 0) is 4.79 Å². The predicted molar refractivity (Wildman–Crippen MR) is 95.3 cm³/mol. The zero-order chi connectivity index (χ0) is 15.5. The van der Waals surface area contributed by atoms with E-state index >= 15 is 0 Å². The third-order valence-electron chi connectivity index (χ3n) is 3.69. The number of benzene rings is 1. The molecular formula is C16H15Br2NO2S. The van der Waals surface area contributed by atoms with E-state index in [1.54, 1.807) is 11.3 Å². The molecule has 0 radical (unpaired) electrons. The highest BCUT2D eigenvalue weighted by atomic mass is 79.9. The van der Waals surface area contributed by atoms with Crippen molar-refractivity contribution >= 4 is 49.1 Å². The highest BCUT2D eigenvalue weighted by Crippen LogP contribution is 2.34. The minimum Gasteiger partial charge on any atom is -0.483 e. The molecule has 0 spiro atoms. The molecule has 0 saturated carbocycles. The summed E-state index contributed by atoms with van der Waals surface area (Å²) in [5.41, 5.74) is 0. The van der Waals surface area contributed by atoms with Gasteiger partial charge in [-0.3, -0.25) is 4.79 Å². The van der Waals surface area contributed by atoms with E-state index in [4.69, 9.17) is 4.74 Å². The maximum atomic E-state index is 12.5. The quantitative estimate of drug-likeness (QED) is 0.662. The van der Waals surface area contributed by atoms with Gasteiger partial charge in [0.15, 0.2) is 6.61 Å². The van der Waals surface area contributed by atoms with Gasteiger partial charge < -0.3 is 9.64 Å². The largest absolute Gasteiger partial charge is 0.483 e. The fourth-order valence-electron chi connectivity index (χ4n) is 2.66. The Morgan fingerprint density at radius 2 is 2.23 bits per heavy atom. The third kappa shape index (κ3) is 3.55. The average Bonchev–Trinajstić information content (AvgIpc) is 3.16. The summed E-state index contributed by atoms with van der Waals surface area (Å²) >= 11 is 8.56. The Balaban J connectivity index is 1.64. The summed E-state index contributed by atoms with van der Waals surface area (Å²) in [7, 11) is 0. The minimum absolute atomic E-state index is 0.0470. The van der Waals surface area contributed by atoms with Gasteiger partial charge in [-0.05, 0) is 58.4 Å². The Labute approximate surface area is 150 Å². The number of carbonyl (C=O) groups is 1. The first-order valence-electron chi connectivity index (χ1n) is 7.06. The predicted octanol–water partition coefficient (Wildman–Crippen LogP) is 5.02. The van der Waals surface area contributed by atoms with Crippen LogP contribution < -0.4 is 4.74 Å². The molecule has 1 aliphatic rings. The van der Waals surface area contributed by atoms with Crippen molar-refractivity contribution in [2.75, 3.05) is 13.2 Å². The van der Waals surface area contributed by atoms with Crippen LogP contribution in [0.15, 0.2) is 44.7 Å². The monoisotopic (exact) mass is 443 g/mol. The smallest absolute Gasteiger partial charge is 0.261 e. The van der Waals surface area contributed by atoms with Crippen molar-refractivity contribution in [3.05, 3.63) is 49.5 Å². The Kier molecular flexibility index (Phi) is 5.21. The van der Waals surface area contributed by atoms with Gasteiger partial charge in [-0.25, -0.2) is 0 Å². The lowest BCUT2D eigenvalue weighted by Crippen LogP contribution is -2.34. The first kappa shape index (κ1) is 16.0. The number of ether oxygens (including phenoxy) is 1. The van der Waals surface area contributed by atoms with E-state index in [2.05, 4.69) is 43.3 Å². The molecule has 1 amide bonds. The number of amides is 1.